The van der Waals surface area contributed by atoms with Crippen molar-refractivity contribution in [1.29, 1.82) is 0 Å². The summed E-state index contributed by atoms with van der Waals surface area (Å²) in [6, 6.07) is -0.450. The summed E-state index contributed by atoms with van der Waals surface area (Å²) in [5.74, 6) is -0.625. The highest BCUT2D eigenvalue weighted by atomic mass is 16.6. The van der Waals surface area contributed by atoms with Gasteiger partial charge in [0.2, 0.25) is 0 Å². The van der Waals surface area contributed by atoms with E-state index in [9.17, 15) is 19.2 Å². The minimum atomic E-state index is -0.450. The molecule has 388 valence electrons. The minimum Gasteiger partial charge on any atom is -0.465 e. The van der Waals surface area contributed by atoms with Crippen LogP contribution in [0.2, 0.25) is 0 Å². The molecule has 2 unspecified atom stereocenters. The van der Waals surface area contributed by atoms with E-state index in [-0.39, 0.29) is 42.2 Å². The van der Waals surface area contributed by atoms with Crippen LogP contribution < -0.4 is 0 Å². The Morgan fingerprint density at radius 3 is 1.33 bits per heavy atom. The van der Waals surface area contributed by atoms with Crippen LogP contribution in [0.3, 0.4) is 0 Å². The first kappa shape index (κ1) is 61.8. The van der Waals surface area contributed by atoms with Gasteiger partial charge in [-0.1, -0.05) is 169 Å². The number of unbranched alkanes of at least 4 members (excludes halogenated alkanes) is 24. The molecule has 1 fully saturated rings. The van der Waals surface area contributed by atoms with Crippen LogP contribution >= 0.6 is 0 Å². The smallest absolute Gasteiger partial charge is 0.323 e. The number of esters is 4. The lowest BCUT2D eigenvalue weighted by Gasteiger charge is -2.22. The molecule has 3 atom stereocenters. The van der Waals surface area contributed by atoms with Crippen LogP contribution in [-0.4, -0.2) is 98.4 Å². The number of ether oxygens (including phenoxy) is 4. The predicted octanol–water partition coefficient (Wildman–Crippen LogP) is 14.4. The summed E-state index contributed by atoms with van der Waals surface area (Å²) in [6.07, 6.45) is 39.4. The second-order valence-corrected chi connectivity index (χ2v) is 20.1. The molecule has 0 radical (unpaired) electrons. The molecule has 1 heterocycles. The van der Waals surface area contributed by atoms with Crippen molar-refractivity contribution >= 4 is 23.9 Å². The number of hydrogen-bond acceptors (Lipinski definition) is 10. The summed E-state index contributed by atoms with van der Waals surface area (Å²) < 4.78 is 23.7. The van der Waals surface area contributed by atoms with Gasteiger partial charge >= 0.3 is 23.9 Å². The van der Waals surface area contributed by atoms with Gasteiger partial charge in [0.25, 0.3) is 0 Å². The zero-order valence-corrected chi connectivity index (χ0v) is 44.2. The quantitative estimate of drug-likeness (QED) is 0.0332. The molecule has 0 spiro atoms. The monoisotopic (exact) mass is 935 g/mol. The van der Waals surface area contributed by atoms with Crippen LogP contribution in [0.25, 0.3) is 0 Å². The lowest BCUT2D eigenvalue weighted by Crippen LogP contribution is -2.38. The van der Waals surface area contributed by atoms with E-state index in [1.54, 1.807) is 0 Å². The molecule has 10 heteroatoms. The van der Waals surface area contributed by atoms with Crippen LogP contribution in [0.15, 0.2) is 0 Å². The first-order valence-corrected chi connectivity index (χ1v) is 28.3. The third-order valence-corrected chi connectivity index (χ3v) is 13.4. The number of hydrogen-bond donors (Lipinski definition) is 0. The maximum absolute atomic E-state index is 13.5. The number of rotatable bonds is 47. The Morgan fingerprint density at radius 1 is 0.485 bits per heavy atom. The Morgan fingerprint density at radius 2 is 0.879 bits per heavy atom. The van der Waals surface area contributed by atoms with Crippen molar-refractivity contribution in [2.45, 2.75) is 296 Å². The van der Waals surface area contributed by atoms with E-state index in [1.165, 1.54) is 116 Å². The first-order valence-electron chi connectivity index (χ1n) is 28.3. The van der Waals surface area contributed by atoms with Crippen LogP contribution in [0.5, 0.6) is 0 Å². The minimum absolute atomic E-state index is 0.0296. The molecule has 10 nitrogen and oxygen atoms in total. The average molecular weight is 935 g/mol. The number of nitrogens with zero attached hydrogens (tertiary/aromatic N) is 2. The number of carbonyl (C=O) groups is 4. The zero-order chi connectivity index (χ0) is 48.3. The van der Waals surface area contributed by atoms with Gasteiger partial charge in [0.15, 0.2) is 0 Å². The summed E-state index contributed by atoms with van der Waals surface area (Å²) in [7, 11) is 3.86. The molecule has 0 aromatic heterocycles. The van der Waals surface area contributed by atoms with Crippen LogP contribution in [-0.2, 0) is 38.1 Å². The highest BCUT2D eigenvalue weighted by Gasteiger charge is 2.39. The highest BCUT2D eigenvalue weighted by Crippen LogP contribution is 2.24. The molecule has 1 aliphatic heterocycles. The lowest BCUT2D eigenvalue weighted by molar-refractivity contribution is -0.151. The van der Waals surface area contributed by atoms with E-state index in [2.05, 4.69) is 32.6 Å². The molecule has 1 rings (SSSR count). The molecule has 0 saturated carbocycles. The number of likely N-dealkylation sites (tertiary alicyclic amines) is 1. The van der Waals surface area contributed by atoms with Crippen molar-refractivity contribution in [3.8, 4) is 0 Å². The van der Waals surface area contributed by atoms with Crippen molar-refractivity contribution < 1.29 is 38.1 Å². The molecular formula is C56H106N2O8. The molecule has 0 aromatic rings. The van der Waals surface area contributed by atoms with Crippen molar-refractivity contribution in [1.82, 2.24) is 9.80 Å². The van der Waals surface area contributed by atoms with Gasteiger partial charge in [0.1, 0.15) is 24.4 Å². The van der Waals surface area contributed by atoms with E-state index in [0.29, 0.717) is 51.9 Å². The zero-order valence-electron chi connectivity index (χ0n) is 44.2. The SMILES string of the molecule is CCCCCCCCC(CCCCCC)OC(=O)CCCCCN1CC(OC(=O)CCN(C)C)C[C@H]1C(=O)OCCCCCCCC(=O)OC(CCCCCCCC)CCCCCCCC. The van der Waals surface area contributed by atoms with Crippen molar-refractivity contribution in [2.75, 3.05) is 40.3 Å². The fourth-order valence-corrected chi connectivity index (χ4v) is 9.20. The second kappa shape index (κ2) is 44.0. The summed E-state index contributed by atoms with van der Waals surface area (Å²) >= 11 is 0. The molecule has 0 aliphatic carbocycles. The van der Waals surface area contributed by atoms with Gasteiger partial charge in [0, 0.05) is 32.4 Å². The average Bonchev–Trinajstić information content (AvgIpc) is 3.70. The molecule has 0 aromatic carbocycles. The fourth-order valence-electron chi connectivity index (χ4n) is 9.20. The molecular weight excluding hydrogens is 829 g/mol. The van der Waals surface area contributed by atoms with Crippen molar-refractivity contribution in [3.05, 3.63) is 0 Å². The van der Waals surface area contributed by atoms with Gasteiger partial charge in [-0.25, -0.2) is 0 Å². The molecule has 66 heavy (non-hydrogen) atoms. The Balaban J connectivity index is 2.52. The summed E-state index contributed by atoms with van der Waals surface area (Å²) in [4.78, 5) is 55.9. The molecule has 0 bridgehead atoms. The standard InChI is InChI=1S/C56H106N2O8/c1-7-11-15-19-23-30-38-49(37-29-18-14-10-4)64-54(60)42-34-28-35-44-58-48-51(66-55(61)43-45-57(5)6)47-52(58)56(62)63-46-36-27-22-26-33-41-53(59)65-50(39-31-24-20-16-12-8-2)40-32-25-21-17-13-9-3/h49-52H,7-48H2,1-6H3/t49?,51?,52-/m0/s1. The molecule has 0 amide bonds. The lowest BCUT2D eigenvalue weighted by atomic mass is 10.0. The Labute approximate surface area is 406 Å². The predicted molar refractivity (Wildman–Crippen MR) is 273 cm³/mol. The van der Waals surface area contributed by atoms with E-state index in [1.807, 2.05) is 19.0 Å². The maximum atomic E-state index is 13.5. The third-order valence-electron chi connectivity index (χ3n) is 13.4. The normalized spacial score (nSPS) is 15.7. The van der Waals surface area contributed by atoms with Gasteiger partial charge in [-0.05, 0) is 97.7 Å². The summed E-state index contributed by atoms with van der Waals surface area (Å²) in [6.45, 7) is 11.1. The van der Waals surface area contributed by atoms with Gasteiger partial charge < -0.3 is 23.8 Å². The van der Waals surface area contributed by atoms with Crippen LogP contribution in [0.1, 0.15) is 272 Å². The number of carbonyl (C=O) groups excluding carboxylic acids is 4. The molecule has 1 aliphatic rings. The Hall–Kier alpha value is -2.20. The van der Waals surface area contributed by atoms with Crippen LogP contribution in [0, 0.1) is 0 Å². The summed E-state index contributed by atoms with van der Waals surface area (Å²) in [5, 5.41) is 0. The highest BCUT2D eigenvalue weighted by molar-refractivity contribution is 5.76. The van der Waals surface area contributed by atoms with E-state index < -0.39 is 6.04 Å². The van der Waals surface area contributed by atoms with Gasteiger partial charge in [-0.3, -0.25) is 24.1 Å². The van der Waals surface area contributed by atoms with Gasteiger partial charge in [-0.2, -0.15) is 0 Å². The molecule has 1 saturated heterocycles. The van der Waals surface area contributed by atoms with E-state index >= 15 is 0 Å². The first-order chi connectivity index (χ1) is 32.1. The maximum Gasteiger partial charge on any atom is 0.323 e. The van der Waals surface area contributed by atoms with Gasteiger partial charge in [-0.15, -0.1) is 0 Å². The van der Waals surface area contributed by atoms with Crippen molar-refractivity contribution in [2.24, 2.45) is 0 Å². The second-order valence-electron chi connectivity index (χ2n) is 20.1. The van der Waals surface area contributed by atoms with E-state index in [4.69, 9.17) is 18.9 Å². The van der Waals surface area contributed by atoms with E-state index in [0.717, 1.165) is 103 Å². The topological polar surface area (TPSA) is 112 Å². The van der Waals surface area contributed by atoms with Crippen molar-refractivity contribution in [3.63, 3.8) is 0 Å². The third kappa shape index (κ3) is 35.9. The van der Waals surface area contributed by atoms with Crippen LogP contribution in [0.4, 0.5) is 0 Å². The Bertz CT molecular complexity index is 1150. The largest absolute Gasteiger partial charge is 0.465 e. The molecule has 0 N–H and O–H groups in total. The Kier molecular flexibility index (Phi) is 41.2. The fraction of sp³-hybridized carbons (Fsp3) is 0.929. The van der Waals surface area contributed by atoms with Gasteiger partial charge in [0.05, 0.1) is 13.0 Å². The summed E-state index contributed by atoms with van der Waals surface area (Å²) in [5.41, 5.74) is 0.